The van der Waals surface area contributed by atoms with Gasteiger partial charge >= 0.3 is 0 Å². The molecule has 0 aliphatic heterocycles. The van der Waals surface area contributed by atoms with Gasteiger partial charge in [0.15, 0.2) is 0 Å². The second kappa shape index (κ2) is 7.14. The molecular formula is C15H23N5. The molecule has 0 saturated carbocycles. The number of nitrogens with zero attached hydrogens (tertiary/aromatic N) is 4. The van der Waals surface area contributed by atoms with E-state index >= 15 is 0 Å². The van der Waals surface area contributed by atoms with Crippen LogP contribution in [0.3, 0.4) is 0 Å². The fourth-order valence-corrected chi connectivity index (χ4v) is 2.25. The van der Waals surface area contributed by atoms with E-state index in [1.807, 2.05) is 29.9 Å². The SMILES string of the molecule is CCCNC(c1cccc(C)n1)c1cnnn1CCC. The molecule has 1 unspecified atom stereocenters. The van der Waals surface area contributed by atoms with Crippen molar-refractivity contribution in [1.82, 2.24) is 25.3 Å². The van der Waals surface area contributed by atoms with E-state index in [2.05, 4.69) is 40.5 Å². The highest BCUT2D eigenvalue weighted by molar-refractivity contribution is 5.22. The Morgan fingerprint density at radius 1 is 1.25 bits per heavy atom. The minimum atomic E-state index is 0.0522. The van der Waals surface area contributed by atoms with Crippen molar-refractivity contribution in [3.63, 3.8) is 0 Å². The van der Waals surface area contributed by atoms with Crippen LogP contribution in [0, 0.1) is 6.92 Å². The van der Waals surface area contributed by atoms with Crippen LogP contribution in [0.5, 0.6) is 0 Å². The molecule has 0 saturated heterocycles. The van der Waals surface area contributed by atoms with Gasteiger partial charge in [-0.1, -0.05) is 25.1 Å². The van der Waals surface area contributed by atoms with Crippen molar-refractivity contribution >= 4 is 0 Å². The number of pyridine rings is 1. The molecule has 108 valence electrons. The van der Waals surface area contributed by atoms with E-state index in [1.165, 1.54) is 0 Å². The highest BCUT2D eigenvalue weighted by atomic mass is 15.4. The zero-order valence-electron chi connectivity index (χ0n) is 12.5. The minimum absolute atomic E-state index is 0.0522. The van der Waals surface area contributed by atoms with Crippen molar-refractivity contribution in [3.8, 4) is 0 Å². The van der Waals surface area contributed by atoms with Gasteiger partial charge < -0.3 is 5.32 Å². The van der Waals surface area contributed by atoms with Gasteiger partial charge in [-0.25, -0.2) is 4.68 Å². The summed E-state index contributed by atoms with van der Waals surface area (Å²) < 4.78 is 1.97. The Labute approximate surface area is 120 Å². The Morgan fingerprint density at radius 3 is 2.80 bits per heavy atom. The van der Waals surface area contributed by atoms with Crippen molar-refractivity contribution in [2.75, 3.05) is 6.54 Å². The van der Waals surface area contributed by atoms with Crippen LogP contribution < -0.4 is 5.32 Å². The maximum atomic E-state index is 4.65. The molecule has 5 heteroatoms. The molecule has 2 aromatic heterocycles. The van der Waals surface area contributed by atoms with Crippen molar-refractivity contribution in [1.29, 1.82) is 0 Å². The maximum absolute atomic E-state index is 4.65. The Morgan fingerprint density at radius 2 is 2.10 bits per heavy atom. The van der Waals surface area contributed by atoms with Crippen LogP contribution in [0.25, 0.3) is 0 Å². The lowest BCUT2D eigenvalue weighted by Crippen LogP contribution is -2.26. The van der Waals surface area contributed by atoms with Crippen molar-refractivity contribution < 1.29 is 0 Å². The van der Waals surface area contributed by atoms with Gasteiger partial charge in [0.2, 0.25) is 0 Å². The molecule has 1 atom stereocenters. The van der Waals surface area contributed by atoms with Gasteiger partial charge in [0, 0.05) is 12.2 Å². The molecule has 0 bridgehead atoms. The first kappa shape index (κ1) is 14.7. The third kappa shape index (κ3) is 3.42. The van der Waals surface area contributed by atoms with Gasteiger partial charge in [0.05, 0.1) is 23.6 Å². The Bertz CT molecular complexity index is 535. The summed E-state index contributed by atoms with van der Waals surface area (Å²) in [6, 6.07) is 6.18. The third-order valence-corrected chi connectivity index (χ3v) is 3.18. The van der Waals surface area contributed by atoms with Crippen LogP contribution in [0.15, 0.2) is 24.4 Å². The van der Waals surface area contributed by atoms with Crippen LogP contribution in [0.4, 0.5) is 0 Å². The zero-order chi connectivity index (χ0) is 14.4. The molecule has 5 nitrogen and oxygen atoms in total. The number of hydrogen-bond acceptors (Lipinski definition) is 4. The Hall–Kier alpha value is -1.75. The number of hydrogen-bond donors (Lipinski definition) is 1. The average molecular weight is 273 g/mol. The van der Waals surface area contributed by atoms with Gasteiger partial charge in [-0.05, 0) is 38.4 Å². The Balaban J connectivity index is 2.33. The summed E-state index contributed by atoms with van der Waals surface area (Å²) in [5.74, 6) is 0. The zero-order valence-corrected chi connectivity index (χ0v) is 12.5. The van der Waals surface area contributed by atoms with E-state index in [0.717, 1.165) is 43.0 Å². The number of nitrogens with one attached hydrogen (secondary N) is 1. The molecule has 0 radical (unpaired) electrons. The van der Waals surface area contributed by atoms with Gasteiger partial charge in [-0.2, -0.15) is 0 Å². The lowest BCUT2D eigenvalue weighted by molar-refractivity contribution is 0.498. The number of aryl methyl sites for hydroxylation is 2. The largest absolute Gasteiger partial charge is 0.304 e. The van der Waals surface area contributed by atoms with E-state index in [1.54, 1.807) is 0 Å². The molecular weight excluding hydrogens is 250 g/mol. The molecule has 0 fully saturated rings. The number of aromatic nitrogens is 4. The highest BCUT2D eigenvalue weighted by Gasteiger charge is 2.19. The summed E-state index contributed by atoms with van der Waals surface area (Å²) in [6.07, 6.45) is 3.96. The molecule has 0 spiro atoms. The average Bonchev–Trinajstić information content (AvgIpc) is 2.88. The van der Waals surface area contributed by atoms with E-state index in [-0.39, 0.29) is 6.04 Å². The predicted octanol–water partition coefficient (Wildman–Crippen LogP) is 2.48. The summed E-state index contributed by atoms with van der Waals surface area (Å²) in [5, 5.41) is 11.8. The first-order valence-corrected chi connectivity index (χ1v) is 7.31. The summed E-state index contributed by atoms with van der Waals surface area (Å²) in [4.78, 5) is 4.65. The van der Waals surface area contributed by atoms with Crippen LogP contribution >= 0.6 is 0 Å². The van der Waals surface area contributed by atoms with Gasteiger partial charge in [0.1, 0.15) is 0 Å². The van der Waals surface area contributed by atoms with Gasteiger partial charge in [-0.3, -0.25) is 4.98 Å². The minimum Gasteiger partial charge on any atom is -0.304 e. The quantitative estimate of drug-likeness (QED) is 0.842. The normalized spacial score (nSPS) is 12.6. The molecule has 0 aliphatic rings. The van der Waals surface area contributed by atoms with Crippen LogP contribution in [0.1, 0.15) is 49.8 Å². The van der Waals surface area contributed by atoms with E-state index < -0.39 is 0 Å². The fraction of sp³-hybridized carbons (Fsp3) is 0.533. The lowest BCUT2D eigenvalue weighted by atomic mass is 10.1. The second-order valence-corrected chi connectivity index (χ2v) is 4.97. The molecule has 2 rings (SSSR count). The first-order valence-electron chi connectivity index (χ1n) is 7.31. The molecule has 0 aromatic carbocycles. The molecule has 20 heavy (non-hydrogen) atoms. The topological polar surface area (TPSA) is 55.6 Å². The summed E-state index contributed by atoms with van der Waals surface area (Å²) in [5.41, 5.74) is 3.14. The summed E-state index contributed by atoms with van der Waals surface area (Å²) in [6.45, 7) is 8.14. The van der Waals surface area contributed by atoms with Crippen molar-refractivity contribution in [2.45, 2.75) is 46.2 Å². The van der Waals surface area contributed by atoms with Gasteiger partial charge in [0.25, 0.3) is 0 Å². The van der Waals surface area contributed by atoms with E-state index in [0.29, 0.717) is 0 Å². The fourth-order valence-electron chi connectivity index (χ4n) is 2.25. The summed E-state index contributed by atoms with van der Waals surface area (Å²) in [7, 11) is 0. The predicted molar refractivity (Wildman–Crippen MR) is 79.4 cm³/mol. The van der Waals surface area contributed by atoms with Crippen molar-refractivity contribution in [2.24, 2.45) is 0 Å². The lowest BCUT2D eigenvalue weighted by Gasteiger charge is -2.19. The standard InChI is InChI=1S/C15H23N5/c1-4-9-16-15(13-8-6-7-12(3)18-13)14-11-17-19-20(14)10-5-2/h6-8,11,15-16H,4-5,9-10H2,1-3H3. The van der Waals surface area contributed by atoms with E-state index in [9.17, 15) is 0 Å². The Kier molecular flexibility index (Phi) is 5.24. The second-order valence-electron chi connectivity index (χ2n) is 4.97. The van der Waals surface area contributed by atoms with Crippen LogP contribution in [-0.2, 0) is 6.54 Å². The summed E-state index contributed by atoms with van der Waals surface area (Å²) >= 11 is 0. The monoisotopic (exact) mass is 273 g/mol. The van der Waals surface area contributed by atoms with Crippen molar-refractivity contribution in [3.05, 3.63) is 41.5 Å². The number of rotatable bonds is 7. The van der Waals surface area contributed by atoms with Gasteiger partial charge in [-0.15, -0.1) is 5.10 Å². The molecule has 2 aromatic rings. The molecule has 1 N–H and O–H groups in total. The molecule has 0 amide bonds. The smallest absolute Gasteiger partial charge is 0.0938 e. The third-order valence-electron chi connectivity index (χ3n) is 3.18. The molecule has 0 aliphatic carbocycles. The van der Waals surface area contributed by atoms with Crippen LogP contribution in [-0.4, -0.2) is 26.5 Å². The first-order chi connectivity index (χ1) is 9.76. The highest BCUT2D eigenvalue weighted by Crippen LogP contribution is 2.20. The van der Waals surface area contributed by atoms with E-state index in [4.69, 9.17) is 0 Å². The molecule has 2 heterocycles. The maximum Gasteiger partial charge on any atom is 0.0938 e. The van der Waals surface area contributed by atoms with Crippen LogP contribution in [0.2, 0.25) is 0 Å².